The maximum absolute atomic E-state index is 13.8. The molecule has 0 unspecified atom stereocenters. The van der Waals surface area contributed by atoms with Gasteiger partial charge in [0.15, 0.2) is 5.90 Å². The van der Waals surface area contributed by atoms with E-state index in [1.807, 2.05) is 0 Å². The minimum Gasteiger partial charge on any atom is -0.308 e. The fraction of sp³-hybridized carbons (Fsp3) is 1.00. The van der Waals surface area contributed by atoms with Crippen molar-refractivity contribution >= 4 is 15.2 Å². The zero-order valence-corrected chi connectivity index (χ0v) is 26.8. The quantitative estimate of drug-likeness (QED) is 0.0634. The van der Waals surface area contributed by atoms with E-state index in [-0.39, 0.29) is 5.90 Å². The minimum atomic E-state index is -3.60. The monoisotopic (exact) mass is 568 g/mol. The summed E-state index contributed by atoms with van der Waals surface area (Å²) in [5, 5.41) is 0. The highest BCUT2D eigenvalue weighted by molar-refractivity contribution is 7.71. The Morgan fingerprint density at radius 3 is 0.784 bits per heavy atom. The van der Waals surface area contributed by atoms with Crippen LogP contribution in [-0.2, 0) is 27.2 Å². The molecular formula is C29H62O6P2. The second-order valence-corrected chi connectivity index (χ2v) is 15.0. The van der Waals surface area contributed by atoms with Crippen LogP contribution in [0.3, 0.4) is 0 Å². The molecule has 0 spiro atoms. The van der Waals surface area contributed by atoms with Crippen molar-refractivity contribution in [2.24, 2.45) is 0 Å². The van der Waals surface area contributed by atoms with Crippen molar-refractivity contribution in [1.82, 2.24) is 0 Å². The second kappa shape index (κ2) is 26.5. The van der Waals surface area contributed by atoms with Gasteiger partial charge in [-0.3, -0.25) is 9.13 Å². The summed E-state index contributed by atoms with van der Waals surface area (Å²) in [5.41, 5.74) is 0. The van der Waals surface area contributed by atoms with Gasteiger partial charge in [-0.25, -0.2) is 0 Å². The summed E-state index contributed by atoms with van der Waals surface area (Å²) in [6.45, 7) is 10.1. The number of hydrogen-bond acceptors (Lipinski definition) is 6. The van der Waals surface area contributed by atoms with Crippen LogP contribution in [0, 0.1) is 0 Å². The van der Waals surface area contributed by atoms with Crippen LogP contribution in [-0.4, -0.2) is 32.3 Å². The summed E-state index contributed by atoms with van der Waals surface area (Å²) in [6, 6.07) is 0. The molecule has 0 radical (unpaired) electrons. The van der Waals surface area contributed by atoms with Crippen LogP contribution in [0.25, 0.3) is 0 Å². The predicted octanol–water partition coefficient (Wildman–Crippen LogP) is 11.3. The van der Waals surface area contributed by atoms with Crippen LogP contribution in [0.2, 0.25) is 0 Å². The highest BCUT2D eigenvalue weighted by Crippen LogP contribution is 2.64. The van der Waals surface area contributed by atoms with Gasteiger partial charge in [0.2, 0.25) is 0 Å². The standard InChI is InChI=1S/C29H62O6P2/c1-5-9-13-17-21-25-32-36(30,33-26-22-18-14-10-6-2)29-37(31,34-27-23-19-15-11-7-3)35-28-24-20-16-12-8-4/h5-29H2,1-4H3. The molecule has 0 aromatic rings. The first kappa shape index (κ1) is 37.3. The molecule has 0 N–H and O–H groups in total. The van der Waals surface area contributed by atoms with Crippen molar-refractivity contribution in [3.8, 4) is 0 Å². The molecule has 0 aromatic carbocycles. The second-order valence-electron chi connectivity index (χ2n) is 10.4. The van der Waals surface area contributed by atoms with E-state index in [2.05, 4.69) is 27.7 Å². The van der Waals surface area contributed by atoms with E-state index < -0.39 is 15.2 Å². The third-order valence-electron chi connectivity index (χ3n) is 6.49. The van der Waals surface area contributed by atoms with Crippen LogP contribution in [0.4, 0.5) is 0 Å². The molecule has 8 heteroatoms. The van der Waals surface area contributed by atoms with Crippen molar-refractivity contribution in [1.29, 1.82) is 0 Å². The molecule has 0 amide bonds. The van der Waals surface area contributed by atoms with E-state index in [1.54, 1.807) is 0 Å². The maximum Gasteiger partial charge on any atom is 0.342 e. The Bertz CT molecular complexity index is 485. The third kappa shape index (κ3) is 23.9. The molecule has 0 aliphatic carbocycles. The summed E-state index contributed by atoms with van der Waals surface area (Å²) in [5.74, 6) is -0.284. The summed E-state index contributed by atoms with van der Waals surface area (Å²) in [6.07, 6.45) is 21.5. The van der Waals surface area contributed by atoms with Gasteiger partial charge >= 0.3 is 15.2 Å². The van der Waals surface area contributed by atoms with E-state index in [0.29, 0.717) is 26.4 Å². The molecule has 224 valence electrons. The van der Waals surface area contributed by atoms with Gasteiger partial charge in [0, 0.05) is 0 Å². The van der Waals surface area contributed by atoms with Crippen LogP contribution < -0.4 is 0 Å². The Kier molecular flexibility index (Phi) is 26.7. The fourth-order valence-corrected chi connectivity index (χ4v) is 8.87. The smallest absolute Gasteiger partial charge is 0.308 e. The van der Waals surface area contributed by atoms with Gasteiger partial charge in [0.05, 0.1) is 26.4 Å². The van der Waals surface area contributed by atoms with E-state index in [9.17, 15) is 9.13 Å². The number of unbranched alkanes of at least 4 members (excludes halogenated alkanes) is 16. The molecular weight excluding hydrogens is 506 g/mol. The highest BCUT2D eigenvalue weighted by Gasteiger charge is 2.38. The van der Waals surface area contributed by atoms with E-state index in [4.69, 9.17) is 18.1 Å². The maximum atomic E-state index is 13.8. The van der Waals surface area contributed by atoms with Gasteiger partial charge in [0.1, 0.15) is 0 Å². The lowest BCUT2D eigenvalue weighted by Crippen LogP contribution is -2.08. The minimum absolute atomic E-state index is 0.284. The van der Waals surface area contributed by atoms with Crippen LogP contribution in [0.5, 0.6) is 0 Å². The van der Waals surface area contributed by atoms with Gasteiger partial charge in [-0.15, -0.1) is 0 Å². The largest absolute Gasteiger partial charge is 0.342 e. The molecule has 0 saturated heterocycles. The average molecular weight is 569 g/mol. The summed E-state index contributed by atoms with van der Waals surface area (Å²) >= 11 is 0. The first-order chi connectivity index (χ1) is 17.9. The lowest BCUT2D eigenvalue weighted by Gasteiger charge is -2.24. The number of rotatable bonds is 30. The van der Waals surface area contributed by atoms with Crippen LogP contribution >= 0.6 is 15.2 Å². The van der Waals surface area contributed by atoms with Crippen molar-refractivity contribution in [3.05, 3.63) is 0 Å². The first-order valence-corrected chi connectivity index (χ1v) is 19.2. The molecule has 0 fully saturated rings. The Morgan fingerprint density at radius 1 is 0.351 bits per heavy atom. The first-order valence-electron chi connectivity index (χ1n) is 15.7. The predicted molar refractivity (Wildman–Crippen MR) is 159 cm³/mol. The number of hydrogen-bond donors (Lipinski definition) is 0. The molecule has 0 atom stereocenters. The Morgan fingerprint density at radius 2 is 0.568 bits per heavy atom. The van der Waals surface area contributed by atoms with E-state index in [1.165, 1.54) is 51.4 Å². The van der Waals surface area contributed by atoms with E-state index >= 15 is 0 Å². The normalized spacial score (nSPS) is 12.4. The molecule has 6 nitrogen and oxygen atoms in total. The summed E-state index contributed by atoms with van der Waals surface area (Å²) < 4.78 is 51.0. The zero-order chi connectivity index (χ0) is 27.5. The molecule has 37 heavy (non-hydrogen) atoms. The lowest BCUT2D eigenvalue weighted by molar-refractivity contribution is 0.185. The van der Waals surface area contributed by atoms with Crippen molar-refractivity contribution < 1.29 is 27.2 Å². The van der Waals surface area contributed by atoms with Gasteiger partial charge in [-0.1, -0.05) is 130 Å². The Balaban J connectivity index is 5.06. The van der Waals surface area contributed by atoms with E-state index in [0.717, 1.165) is 77.0 Å². The third-order valence-corrected chi connectivity index (χ3v) is 11.6. The molecule has 0 aromatic heterocycles. The Labute approximate surface area is 230 Å². The van der Waals surface area contributed by atoms with Gasteiger partial charge in [-0.05, 0) is 25.7 Å². The van der Waals surface area contributed by atoms with Gasteiger partial charge < -0.3 is 18.1 Å². The van der Waals surface area contributed by atoms with Gasteiger partial charge in [-0.2, -0.15) is 0 Å². The lowest BCUT2D eigenvalue weighted by atomic mass is 10.2. The zero-order valence-electron chi connectivity index (χ0n) is 25.0. The Hall–Kier alpha value is 0.300. The fourth-order valence-electron chi connectivity index (χ4n) is 4.09. The molecule has 0 bridgehead atoms. The summed E-state index contributed by atoms with van der Waals surface area (Å²) in [4.78, 5) is 0. The van der Waals surface area contributed by atoms with Crippen molar-refractivity contribution in [3.63, 3.8) is 0 Å². The topological polar surface area (TPSA) is 71.1 Å². The van der Waals surface area contributed by atoms with Crippen molar-refractivity contribution in [2.75, 3.05) is 32.3 Å². The average Bonchev–Trinajstić information content (AvgIpc) is 2.88. The van der Waals surface area contributed by atoms with Crippen LogP contribution in [0.1, 0.15) is 156 Å². The van der Waals surface area contributed by atoms with Crippen molar-refractivity contribution in [2.45, 2.75) is 156 Å². The molecule has 0 rings (SSSR count). The van der Waals surface area contributed by atoms with Crippen LogP contribution in [0.15, 0.2) is 0 Å². The van der Waals surface area contributed by atoms with Gasteiger partial charge in [0.25, 0.3) is 0 Å². The molecule has 0 saturated carbocycles. The summed E-state index contributed by atoms with van der Waals surface area (Å²) in [7, 11) is -7.20. The SMILES string of the molecule is CCCCCCCOP(=O)(CP(=O)(OCCCCCCC)OCCCCCCC)OCCCCCCC. The molecule has 0 aliphatic rings. The highest BCUT2D eigenvalue weighted by atomic mass is 31.2. The molecule has 0 heterocycles. The molecule has 0 aliphatic heterocycles.